The number of nitrogens with zero attached hydrogens (tertiary/aromatic N) is 4. The Morgan fingerprint density at radius 2 is 2.00 bits per heavy atom. The molecule has 4 aromatic rings. The molecule has 0 fully saturated rings. The minimum absolute atomic E-state index is 0.593. The fourth-order valence-electron chi connectivity index (χ4n) is 2.17. The molecule has 0 radical (unpaired) electrons. The number of benzene rings is 1. The maximum Gasteiger partial charge on any atom is 0.235 e. The number of aryl methyl sites for hydroxylation is 1. The number of fused-ring (bicyclic) bond motifs is 1. The molecule has 0 aliphatic rings. The van der Waals surface area contributed by atoms with Crippen molar-refractivity contribution in [2.45, 2.75) is 6.92 Å². The number of hydrogen-bond acceptors (Lipinski definition) is 5. The van der Waals surface area contributed by atoms with Crippen LogP contribution in [0, 0.1) is 6.92 Å². The van der Waals surface area contributed by atoms with E-state index in [2.05, 4.69) is 15.3 Å². The van der Waals surface area contributed by atoms with Crippen molar-refractivity contribution in [3.05, 3.63) is 46.3 Å². The highest BCUT2D eigenvalue weighted by molar-refractivity contribution is 7.19. The lowest BCUT2D eigenvalue weighted by Crippen LogP contribution is -1.91. The Labute approximate surface area is 139 Å². The lowest BCUT2D eigenvalue weighted by molar-refractivity contribution is 0.535. The number of aromatic nitrogens is 4. The van der Waals surface area contributed by atoms with Gasteiger partial charge in [0, 0.05) is 10.6 Å². The van der Waals surface area contributed by atoms with Gasteiger partial charge in [0.2, 0.25) is 4.96 Å². The SMILES string of the molecule is Cc1occc1-c1nnc2sc(-c3cc(Cl)ccc3Cl)nn12. The first-order chi connectivity index (χ1) is 10.6. The van der Waals surface area contributed by atoms with Crippen molar-refractivity contribution >= 4 is 39.5 Å². The van der Waals surface area contributed by atoms with E-state index >= 15 is 0 Å². The van der Waals surface area contributed by atoms with E-state index in [1.165, 1.54) is 11.3 Å². The highest BCUT2D eigenvalue weighted by atomic mass is 35.5. The molecule has 0 aliphatic carbocycles. The van der Waals surface area contributed by atoms with E-state index in [0.717, 1.165) is 21.9 Å². The molecule has 0 bridgehead atoms. The first-order valence-corrected chi connectivity index (χ1v) is 7.93. The fraction of sp³-hybridized carbons (Fsp3) is 0.0714. The van der Waals surface area contributed by atoms with Gasteiger partial charge in [-0.1, -0.05) is 34.5 Å². The second-order valence-electron chi connectivity index (χ2n) is 4.64. The summed E-state index contributed by atoms with van der Waals surface area (Å²) in [6.07, 6.45) is 1.62. The summed E-state index contributed by atoms with van der Waals surface area (Å²) in [5, 5.41) is 14.8. The molecular weight excluding hydrogens is 343 g/mol. The molecule has 3 heterocycles. The van der Waals surface area contributed by atoms with Crippen molar-refractivity contribution in [2.75, 3.05) is 0 Å². The van der Waals surface area contributed by atoms with E-state index in [1.54, 1.807) is 29.0 Å². The predicted octanol–water partition coefficient (Wildman–Crippen LogP) is 4.73. The molecule has 5 nitrogen and oxygen atoms in total. The van der Waals surface area contributed by atoms with Crippen LogP contribution < -0.4 is 0 Å². The molecule has 8 heteroatoms. The molecule has 22 heavy (non-hydrogen) atoms. The summed E-state index contributed by atoms with van der Waals surface area (Å²) in [7, 11) is 0. The maximum atomic E-state index is 6.24. The Bertz CT molecular complexity index is 988. The first-order valence-electron chi connectivity index (χ1n) is 6.35. The third-order valence-corrected chi connectivity index (χ3v) is 4.75. The van der Waals surface area contributed by atoms with Gasteiger partial charge in [-0.2, -0.15) is 9.61 Å². The molecular formula is C14H8Cl2N4OS. The zero-order valence-electron chi connectivity index (χ0n) is 11.2. The second kappa shape index (κ2) is 5.08. The van der Waals surface area contributed by atoms with Crippen molar-refractivity contribution < 1.29 is 4.42 Å². The van der Waals surface area contributed by atoms with Gasteiger partial charge in [-0.3, -0.25) is 0 Å². The van der Waals surface area contributed by atoms with Crippen LogP contribution in [0.2, 0.25) is 10.0 Å². The van der Waals surface area contributed by atoms with Crippen LogP contribution in [0.25, 0.3) is 26.9 Å². The van der Waals surface area contributed by atoms with Crippen LogP contribution in [0.15, 0.2) is 34.9 Å². The molecule has 0 amide bonds. The third kappa shape index (κ3) is 2.11. The third-order valence-electron chi connectivity index (χ3n) is 3.25. The quantitative estimate of drug-likeness (QED) is 0.524. The lowest BCUT2D eigenvalue weighted by atomic mass is 10.2. The number of rotatable bonds is 2. The summed E-state index contributed by atoms with van der Waals surface area (Å²) in [5.74, 6) is 1.41. The van der Waals surface area contributed by atoms with Gasteiger partial charge in [-0.05, 0) is 31.2 Å². The van der Waals surface area contributed by atoms with Gasteiger partial charge in [0.1, 0.15) is 10.8 Å². The van der Waals surface area contributed by atoms with Gasteiger partial charge in [-0.25, -0.2) is 0 Å². The summed E-state index contributed by atoms with van der Waals surface area (Å²) in [4.78, 5) is 0.682. The normalized spacial score (nSPS) is 11.4. The molecule has 0 saturated heterocycles. The number of halogens is 2. The van der Waals surface area contributed by atoms with Crippen LogP contribution in [-0.4, -0.2) is 19.8 Å². The minimum Gasteiger partial charge on any atom is -0.469 e. The standard InChI is InChI=1S/C14H8Cl2N4OS/c1-7-9(4-5-21-7)12-17-18-14-20(12)19-13(22-14)10-6-8(15)2-3-11(10)16/h2-6H,1H3. The van der Waals surface area contributed by atoms with Crippen molar-refractivity contribution in [1.29, 1.82) is 0 Å². The summed E-state index contributed by atoms with van der Waals surface area (Å²) >= 11 is 13.7. The molecule has 0 atom stereocenters. The van der Waals surface area contributed by atoms with Gasteiger partial charge in [0.05, 0.1) is 16.8 Å². The molecule has 0 spiro atoms. The number of furan rings is 1. The summed E-state index contributed by atoms with van der Waals surface area (Å²) in [6, 6.07) is 7.13. The summed E-state index contributed by atoms with van der Waals surface area (Å²) in [6.45, 7) is 1.87. The molecule has 110 valence electrons. The van der Waals surface area contributed by atoms with Crippen molar-refractivity contribution in [3.63, 3.8) is 0 Å². The predicted molar refractivity (Wildman–Crippen MR) is 86.6 cm³/mol. The molecule has 4 rings (SSSR count). The lowest BCUT2D eigenvalue weighted by Gasteiger charge is -2.00. The Morgan fingerprint density at radius 1 is 1.14 bits per heavy atom. The second-order valence-corrected chi connectivity index (χ2v) is 6.44. The Morgan fingerprint density at radius 3 is 2.77 bits per heavy atom. The first kappa shape index (κ1) is 13.8. The highest BCUT2D eigenvalue weighted by Gasteiger charge is 2.18. The largest absolute Gasteiger partial charge is 0.469 e. The topological polar surface area (TPSA) is 56.2 Å². The van der Waals surface area contributed by atoms with Gasteiger partial charge in [0.15, 0.2) is 5.82 Å². The van der Waals surface area contributed by atoms with Crippen LogP contribution in [0.5, 0.6) is 0 Å². The monoisotopic (exact) mass is 350 g/mol. The highest BCUT2D eigenvalue weighted by Crippen LogP contribution is 2.34. The molecule has 0 aliphatic heterocycles. The van der Waals surface area contributed by atoms with Gasteiger partial charge in [0.25, 0.3) is 0 Å². The summed E-state index contributed by atoms with van der Waals surface area (Å²) < 4.78 is 7.01. The van der Waals surface area contributed by atoms with Gasteiger partial charge in [-0.15, -0.1) is 10.2 Å². The molecule has 3 aromatic heterocycles. The van der Waals surface area contributed by atoms with E-state index < -0.39 is 0 Å². The molecule has 0 N–H and O–H groups in total. The average molecular weight is 351 g/mol. The van der Waals surface area contributed by atoms with Gasteiger partial charge >= 0.3 is 0 Å². The van der Waals surface area contributed by atoms with Crippen LogP contribution >= 0.6 is 34.5 Å². The minimum atomic E-state index is 0.593. The maximum absolute atomic E-state index is 6.24. The van der Waals surface area contributed by atoms with Gasteiger partial charge < -0.3 is 4.42 Å². The Balaban J connectivity index is 1.91. The van der Waals surface area contributed by atoms with E-state index in [4.69, 9.17) is 27.6 Å². The number of hydrogen-bond donors (Lipinski definition) is 0. The average Bonchev–Trinajstić information content (AvgIpc) is 3.16. The Hall–Kier alpha value is -1.89. The van der Waals surface area contributed by atoms with E-state index in [9.17, 15) is 0 Å². The molecule has 1 aromatic carbocycles. The fourth-order valence-corrected chi connectivity index (χ4v) is 3.48. The van der Waals surface area contributed by atoms with Crippen molar-refractivity contribution in [2.24, 2.45) is 0 Å². The van der Waals surface area contributed by atoms with Crippen LogP contribution in [0.4, 0.5) is 0 Å². The van der Waals surface area contributed by atoms with Crippen LogP contribution in [0.3, 0.4) is 0 Å². The van der Waals surface area contributed by atoms with E-state index in [0.29, 0.717) is 20.8 Å². The van der Waals surface area contributed by atoms with Crippen molar-refractivity contribution in [3.8, 4) is 22.0 Å². The molecule has 0 saturated carbocycles. The Kier molecular flexibility index (Phi) is 3.18. The van der Waals surface area contributed by atoms with E-state index in [1.807, 2.05) is 13.0 Å². The smallest absolute Gasteiger partial charge is 0.235 e. The molecule has 0 unspecified atom stereocenters. The van der Waals surface area contributed by atoms with E-state index in [-0.39, 0.29) is 0 Å². The zero-order chi connectivity index (χ0) is 15.3. The summed E-state index contributed by atoms with van der Waals surface area (Å²) in [5.41, 5.74) is 1.64. The van der Waals surface area contributed by atoms with Crippen molar-refractivity contribution in [1.82, 2.24) is 19.8 Å². The van der Waals surface area contributed by atoms with Crippen LogP contribution in [-0.2, 0) is 0 Å². The zero-order valence-corrected chi connectivity index (χ0v) is 13.6. The van der Waals surface area contributed by atoms with Crippen LogP contribution in [0.1, 0.15) is 5.76 Å².